The number of hydrogen-bond donors (Lipinski definition) is 2. The first-order valence-corrected chi connectivity index (χ1v) is 11.5. The summed E-state index contributed by atoms with van der Waals surface area (Å²) < 4.78 is 0. The zero-order valence-corrected chi connectivity index (χ0v) is 18.5. The Morgan fingerprint density at radius 2 is 1.37 bits per heavy atom. The van der Waals surface area contributed by atoms with Crippen LogP contribution in [-0.2, 0) is 9.59 Å². The normalized spacial score (nSPS) is 11.3. The van der Waals surface area contributed by atoms with Gasteiger partial charge >= 0.3 is 0 Å². The smallest absolute Gasteiger partial charge is 0.273 e. The van der Waals surface area contributed by atoms with E-state index in [1.54, 1.807) is 6.19 Å². The fourth-order valence-corrected chi connectivity index (χ4v) is 4.33. The monoisotopic (exact) mass is 412 g/mol. The molecule has 0 saturated carbocycles. The van der Waals surface area contributed by atoms with Crippen molar-refractivity contribution < 1.29 is 9.59 Å². The van der Waals surface area contributed by atoms with Crippen molar-refractivity contribution in [1.29, 1.82) is 5.26 Å². The molecule has 0 aromatic carbocycles. The SMILES string of the molecule is [C-]#[N+]NC(=O)C(C)(C)CCCSCCCSCCCC(C)(C)C(=O)NC#N. The van der Waals surface area contributed by atoms with Crippen molar-refractivity contribution in [2.45, 2.75) is 59.8 Å². The lowest BCUT2D eigenvalue weighted by atomic mass is 9.87. The zero-order valence-electron chi connectivity index (χ0n) is 16.9. The second kappa shape index (κ2) is 13.7. The Kier molecular flexibility index (Phi) is 13.0. The van der Waals surface area contributed by atoms with E-state index in [1.165, 1.54) is 0 Å². The quantitative estimate of drug-likeness (QED) is 0.148. The van der Waals surface area contributed by atoms with E-state index < -0.39 is 10.8 Å². The first kappa shape index (κ1) is 25.6. The van der Waals surface area contributed by atoms with Crippen molar-refractivity contribution in [3.63, 3.8) is 0 Å². The molecule has 0 atom stereocenters. The molecule has 8 heteroatoms. The van der Waals surface area contributed by atoms with E-state index in [-0.39, 0.29) is 11.8 Å². The maximum atomic E-state index is 11.7. The van der Waals surface area contributed by atoms with Gasteiger partial charge in [-0.15, -0.1) is 0 Å². The van der Waals surface area contributed by atoms with E-state index >= 15 is 0 Å². The molecule has 0 fully saturated rings. The molecule has 0 aliphatic carbocycles. The first-order chi connectivity index (χ1) is 12.7. The van der Waals surface area contributed by atoms with Gasteiger partial charge in [0.2, 0.25) is 5.91 Å². The average molecular weight is 413 g/mol. The molecule has 0 radical (unpaired) electrons. The molecular weight excluding hydrogens is 380 g/mol. The Morgan fingerprint density at radius 3 is 1.81 bits per heavy atom. The summed E-state index contributed by atoms with van der Waals surface area (Å²) in [6.45, 7) is 14.2. The van der Waals surface area contributed by atoms with Crippen LogP contribution in [0.2, 0.25) is 0 Å². The number of thioether (sulfide) groups is 2. The van der Waals surface area contributed by atoms with Crippen LogP contribution in [0.1, 0.15) is 59.8 Å². The van der Waals surface area contributed by atoms with Gasteiger partial charge in [0.15, 0.2) is 6.19 Å². The van der Waals surface area contributed by atoms with Gasteiger partial charge in [-0.2, -0.15) is 40.3 Å². The van der Waals surface area contributed by atoms with Gasteiger partial charge in [-0.1, -0.05) is 33.1 Å². The highest BCUT2D eigenvalue weighted by atomic mass is 32.2. The molecule has 2 N–H and O–H groups in total. The van der Waals surface area contributed by atoms with Crippen molar-refractivity contribution in [2.75, 3.05) is 23.0 Å². The first-order valence-electron chi connectivity index (χ1n) is 9.19. The molecule has 0 heterocycles. The van der Waals surface area contributed by atoms with Crippen molar-refractivity contribution in [3.05, 3.63) is 11.5 Å². The van der Waals surface area contributed by atoms with Crippen molar-refractivity contribution in [1.82, 2.24) is 10.7 Å². The summed E-state index contributed by atoms with van der Waals surface area (Å²) in [5.41, 5.74) is 1.22. The number of nitriles is 1. The second-order valence-corrected chi connectivity index (χ2v) is 10.1. The summed E-state index contributed by atoms with van der Waals surface area (Å²) in [6, 6.07) is 0. The van der Waals surface area contributed by atoms with Crippen LogP contribution in [0, 0.1) is 28.9 Å². The van der Waals surface area contributed by atoms with Gasteiger partial charge in [0.25, 0.3) is 5.91 Å². The largest absolute Gasteiger partial charge is 0.293 e. The molecule has 0 aromatic rings. The van der Waals surface area contributed by atoms with Gasteiger partial charge < -0.3 is 0 Å². The van der Waals surface area contributed by atoms with Crippen molar-refractivity contribution in [3.8, 4) is 6.19 Å². The van der Waals surface area contributed by atoms with Crippen LogP contribution < -0.4 is 10.7 Å². The molecule has 0 spiro atoms. The maximum Gasteiger partial charge on any atom is 0.293 e. The maximum absolute atomic E-state index is 11.7. The summed E-state index contributed by atoms with van der Waals surface area (Å²) in [6.07, 6.45) is 6.33. The van der Waals surface area contributed by atoms with Gasteiger partial charge in [-0.3, -0.25) is 14.9 Å². The summed E-state index contributed by atoms with van der Waals surface area (Å²) >= 11 is 3.81. The highest BCUT2D eigenvalue weighted by Crippen LogP contribution is 2.25. The minimum Gasteiger partial charge on any atom is -0.273 e. The van der Waals surface area contributed by atoms with E-state index in [9.17, 15) is 9.59 Å². The topological polar surface area (TPSA) is 86.3 Å². The highest BCUT2D eigenvalue weighted by Gasteiger charge is 2.29. The van der Waals surface area contributed by atoms with Crippen LogP contribution in [0.25, 0.3) is 4.95 Å². The van der Waals surface area contributed by atoms with Crippen molar-refractivity contribution in [2.24, 2.45) is 10.8 Å². The number of nitrogens with one attached hydrogen (secondary N) is 2. The molecule has 27 heavy (non-hydrogen) atoms. The molecule has 0 aromatic heterocycles. The molecule has 152 valence electrons. The van der Waals surface area contributed by atoms with Crippen LogP contribution in [0.4, 0.5) is 0 Å². The van der Waals surface area contributed by atoms with Gasteiger partial charge in [0, 0.05) is 5.41 Å². The number of carbonyl (C=O) groups excluding carboxylic acids is 2. The summed E-state index contributed by atoms with van der Waals surface area (Å²) in [5, 5.41) is 10.7. The van der Waals surface area contributed by atoms with Gasteiger partial charge in [0.1, 0.15) is 0 Å². The van der Waals surface area contributed by atoms with Gasteiger partial charge in [-0.25, -0.2) is 0 Å². The van der Waals surface area contributed by atoms with E-state index in [4.69, 9.17) is 11.8 Å². The molecule has 0 saturated heterocycles. The molecule has 0 rings (SSSR count). The number of carbonyl (C=O) groups is 2. The van der Waals surface area contributed by atoms with Crippen molar-refractivity contribution >= 4 is 35.3 Å². The van der Waals surface area contributed by atoms with Crippen LogP contribution in [-0.4, -0.2) is 34.8 Å². The lowest BCUT2D eigenvalue weighted by molar-refractivity contribution is -0.129. The lowest BCUT2D eigenvalue weighted by Gasteiger charge is -2.21. The van der Waals surface area contributed by atoms with Crippen LogP contribution in [0.15, 0.2) is 0 Å². The van der Waals surface area contributed by atoms with E-state index in [2.05, 4.69) is 15.7 Å². The Hall–Kier alpha value is -1.38. The summed E-state index contributed by atoms with van der Waals surface area (Å²) in [4.78, 5) is 26.4. The predicted molar refractivity (Wildman–Crippen MR) is 114 cm³/mol. The average Bonchev–Trinajstić information content (AvgIpc) is 2.59. The molecule has 2 amide bonds. The minimum absolute atomic E-state index is 0.202. The Bertz CT molecular complexity index is 503. The number of nitrogens with zero attached hydrogens (tertiary/aromatic N) is 2. The highest BCUT2D eigenvalue weighted by molar-refractivity contribution is 8.00. The van der Waals surface area contributed by atoms with Gasteiger partial charge in [-0.05, 0) is 55.1 Å². The van der Waals surface area contributed by atoms with Crippen LogP contribution in [0.3, 0.4) is 0 Å². The Labute approximate surface area is 172 Å². The fourth-order valence-electron chi connectivity index (χ4n) is 2.35. The standard InChI is InChI=1S/C19H32N4O2S2/c1-18(2,16(24)22-15-20)9-6-11-26-13-8-14-27-12-7-10-19(3,4)17(25)23-21-5/h6-14H2,1-4H3,(H,22,24)(H,23,25). The van der Waals surface area contributed by atoms with Crippen LogP contribution in [0.5, 0.6) is 0 Å². The van der Waals surface area contributed by atoms with E-state index in [1.807, 2.05) is 51.2 Å². The number of amides is 2. The number of rotatable bonds is 14. The third-order valence-corrected chi connectivity index (χ3v) is 6.62. The molecule has 0 aliphatic heterocycles. The lowest BCUT2D eigenvalue weighted by Crippen LogP contribution is -2.34. The Morgan fingerprint density at radius 1 is 0.926 bits per heavy atom. The number of hydrogen-bond acceptors (Lipinski definition) is 5. The van der Waals surface area contributed by atoms with Crippen LogP contribution >= 0.6 is 23.5 Å². The fraction of sp³-hybridized carbons (Fsp3) is 0.789. The molecular formula is C19H32N4O2S2. The molecule has 0 aliphatic rings. The van der Waals surface area contributed by atoms with E-state index in [0.29, 0.717) is 0 Å². The van der Waals surface area contributed by atoms with E-state index in [0.717, 1.165) is 55.1 Å². The molecule has 0 unspecified atom stereocenters. The Balaban J connectivity index is 3.61. The summed E-state index contributed by atoms with van der Waals surface area (Å²) in [7, 11) is 0. The zero-order chi connectivity index (χ0) is 20.8. The third-order valence-electron chi connectivity index (χ3n) is 4.31. The van der Waals surface area contributed by atoms with Gasteiger partial charge in [0.05, 0.1) is 5.41 Å². The molecule has 6 nitrogen and oxygen atoms in total. The second-order valence-electron chi connectivity index (χ2n) is 7.67. The third kappa shape index (κ3) is 11.8. The molecule has 0 bridgehead atoms. The summed E-state index contributed by atoms with van der Waals surface area (Å²) in [5.74, 6) is 3.86. The minimum atomic E-state index is -0.494. The predicted octanol–water partition coefficient (Wildman–Crippen LogP) is 4.00.